The second-order valence-electron chi connectivity index (χ2n) is 5.05. The summed E-state index contributed by atoms with van der Waals surface area (Å²) in [4.78, 5) is 11.8. The van der Waals surface area contributed by atoms with Crippen molar-refractivity contribution in [3.05, 3.63) is 34.3 Å². The number of nitrogens with two attached hydrogens (primary N) is 1. The van der Waals surface area contributed by atoms with Gasteiger partial charge in [0.1, 0.15) is 0 Å². The van der Waals surface area contributed by atoms with Gasteiger partial charge in [0.2, 0.25) is 5.91 Å². The minimum atomic E-state index is 0.0250. The third-order valence-corrected chi connectivity index (χ3v) is 3.92. The molecular weight excluding hydrogens is 292 g/mol. The highest BCUT2D eigenvalue weighted by Crippen LogP contribution is 2.32. The van der Waals surface area contributed by atoms with E-state index in [0.29, 0.717) is 12.3 Å². The van der Waals surface area contributed by atoms with Crippen molar-refractivity contribution in [1.29, 1.82) is 0 Å². The third-order valence-electron chi connectivity index (χ3n) is 3.40. The van der Waals surface area contributed by atoms with Crippen LogP contribution >= 0.6 is 15.9 Å². The van der Waals surface area contributed by atoms with Crippen LogP contribution in [0.4, 0.5) is 0 Å². The molecule has 1 aromatic carbocycles. The summed E-state index contributed by atoms with van der Waals surface area (Å²) in [5.74, 6) is 0.614. The molecule has 1 aliphatic carbocycles. The molecule has 1 aliphatic rings. The zero-order chi connectivity index (χ0) is 13.1. The largest absolute Gasteiger partial charge is 0.350 e. The van der Waals surface area contributed by atoms with Gasteiger partial charge in [-0.25, -0.2) is 0 Å². The molecule has 3 nitrogen and oxygen atoms in total. The lowest BCUT2D eigenvalue weighted by Gasteiger charge is -2.16. The van der Waals surface area contributed by atoms with Crippen LogP contribution in [0.5, 0.6) is 0 Å². The van der Waals surface area contributed by atoms with Crippen molar-refractivity contribution < 1.29 is 4.79 Å². The van der Waals surface area contributed by atoms with E-state index in [9.17, 15) is 4.79 Å². The van der Waals surface area contributed by atoms with Crippen LogP contribution in [-0.2, 0) is 4.79 Å². The zero-order valence-corrected chi connectivity index (χ0v) is 12.1. The van der Waals surface area contributed by atoms with Crippen LogP contribution in [0, 0.1) is 5.92 Å². The minimum Gasteiger partial charge on any atom is -0.350 e. The van der Waals surface area contributed by atoms with E-state index < -0.39 is 0 Å². The van der Waals surface area contributed by atoms with Gasteiger partial charge in [-0.05, 0) is 43.4 Å². The van der Waals surface area contributed by atoms with E-state index in [1.807, 2.05) is 31.2 Å². The molecule has 1 unspecified atom stereocenters. The fourth-order valence-corrected chi connectivity index (χ4v) is 2.30. The van der Waals surface area contributed by atoms with Gasteiger partial charge < -0.3 is 11.1 Å². The summed E-state index contributed by atoms with van der Waals surface area (Å²) in [5.41, 5.74) is 7.05. The molecule has 0 spiro atoms. The van der Waals surface area contributed by atoms with E-state index in [1.165, 1.54) is 12.8 Å². The number of hydrogen-bond donors (Lipinski definition) is 2. The Balaban J connectivity index is 1.84. The molecule has 0 saturated heterocycles. The Morgan fingerprint density at radius 1 is 1.44 bits per heavy atom. The highest BCUT2D eigenvalue weighted by Gasteiger charge is 2.29. The van der Waals surface area contributed by atoms with E-state index in [4.69, 9.17) is 5.73 Å². The minimum absolute atomic E-state index is 0.0250. The van der Waals surface area contributed by atoms with E-state index in [0.717, 1.165) is 10.0 Å². The summed E-state index contributed by atoms with van der Waals surface area (Å²) in [6, 6.07) is 8.03. The van der Waals surface area contributed by atoms with Gasteiger partial charge in [0.15, 0.2) is 0 Å². The average molecular weight is 311 g/mol. The second-order valence-corrected chi connectivity index (χ2v) is 5.96. The Hall–Kier alpha value is -0.870. The first-order chi connectivity index (χ1) is 8.56. The maximum atomic E-state index is 11.8. The number of rotatable bonds is 5. The zero-order valence-electron chi connectivity index (χ0n) is 10.5. The van der Waals surface area contributed by atoms with Gasteiger partial charge >= 0.3 is 0 Å². The Labute approximate surface area is 116 Å². The van der Waals surface area contributed by atoms with Gasteiger partial charge in [-0.1, -0.05) is 28.1 Å². The summed E-state index contributed by atoms with van der Waals surface area (Å²) < 4.78 is 1.04. The molecule has 0 aromatic heterocycles. The van der Waals surface area contributed by atoms with Gasteiger partial charge in [-0.3, -0.25) is 4.79 Å². The maximum Gasteiger partial charge on any atom is 0.222 e. The first kappa shape index (κ1) is 13.6. The van der Waals surface area contributed by atoms with Crippen molar-refractivity contribution >= 4 is 21.8 Å². The van der Waals surface area contributed by atoms with Crippen LogP contribution in [0.15, 0.2) is 28.7 Å². The lowest BCUT2D eigenvalue weighted by Crippen LogP contribution is -2.34. The number of hydrogen-bond acceptors (Lipinski definition) is 2. The smallest absolute Gasteiger partial charge is 0.222 e. The van der Waals surface area contributed by atoms with E-state index >= 15 is 0 Å². The predicted molar refractivity (Wildman–Crippen MR) is 76.0 cm³/mol. The molecule has 1 fully saturated rings. The van der Waals surface area contributed by atoms with E-state index in [1.54, 1.807) is 0 Å². The predicted octanol–water partition coefficient (Wildman–Crippen LogP) is 2.75. The fourth-order valence-electron chi connectivity index (χ4n) is 2.04. The molecule has 0 heterocycles. The number of nitrogens with one attached hydrogen (secondary N) is 1. The molecule has 4 heteroatoms. The quantitative estimate of drug-likeness (QED) is 0.878. The number of amides is 1. The number of carbonyl (C=O) groups is 1. The number of benzene rings is 1. The Morgan fingerprint density at radius 3 is 2.61 bits per heavy atom. The van der Waals surface area contributed by atoms with E-state index in [2.05, 4.69) is 21.2 Å². The van der Waals surface area contributed by atoms with Crippen molar-refractivity contribution in [3.63, 3.8) is 0 Å². The average Bonchev–Trinajstić information content (AvgIpc) is 3.13. The van der Waals surface area contributed by atoms with Crippen molar-refractivity contribution in [2.24, 2.45) is 11.7 Å². The fraction of sp³-hybridized carbons (Fsp3) is 0.500. The van der Waals surface area contributed by atoms with Crippen molar-refractivity contribution in [2.45, 2.75) is 38.3 Å². The SMILES string of the molecule is C[C@@H](NC(=O)CC(N)C1CC1)c1ccc(Br)cc1. The standard InChI is InChI=1S/C14H19BrN2O/c1-9(10-4-6-12(15)7-5-10)17-14(18)8-13(16)11-2-3-11/h4-7,9,11,13H,2-3,8,16H2,1H3,(H,17,18)/t9-,13?/m1/s1. The Kier molecular flexibility index (Phi) is 4.40. The summed E-state index contributed by atoms with van der Waals surface area (Å²) in [5, 5.41) is 2.99. The summed E-state index contributed by atoms with van der Waals surface area (Å²) in [6.45, 7) is 1.99. The van der Waals surface area contributed by atoms with Crippen molar-refractivity contribution in [1.82, 2.24) is 5.32 Å². The highest BCUT2D eigenvalue weighted by molar-refractivity contribution is 9.10. The molecule has 1 saturated carbocycles. The molecule has 98 valence electrons. The van der Waals surface area contributed by atoms with Crippen LogP contribution in [0.2, 0.25) is 0 Å². The summed E-state index contributed by atoms with van der Waals surface area (Å²) >= 11 is 3.40. The first-order valence-corrected chi connectivity index (χ1v) is 7.16. The van der Waals surface area contributed by atoms with E-state index in [-0.39, 0.29) is 18.0 Å². The molecule has 18 heavy (non-hydrogen) atoms. The van der Waals surface area contributed by atoms with Gasteiger partial charge in [0, 0.05) is 16.9 Å². The molecule has 1 aromatic rings. The molecule has 1 amide bonds. The summed E-state index contributed by atoms with van der Waals surface area (Å²) in [7, 11) is 0. The monoisotopic (exact) mass is 310 g/mol. The molecule has 0 radical (unpaired) electrons. The Morgan fingerprint density at radius 2 is 2.06 bits per heavy atom. The number of carbonyl (C=O) groups excluding carboxylic acids is 1. The normalized spacial score (nSPS) is 18.2. The van der Waals surface area contributed by atoms with Gasteiger partial charge in [0.25, 0.3) is 0 Å². The highest BCUT2D eigenvalue weighted by atomic mass is 79.9. The summed E-state index contributed by atoms with van der Waals surface area (Å²) in [6.07, 6.45) is 2.79. The maximum absolute atomic E-state index is 11.8. The molecule has 3 N–H and O–H groups in total. The lowest BCUT2D eigenvalue weighted by molar-refractivity contribution is -0.122. The molecule has 0 aliphatic heterocycles. The van der Waals surface area contributed by atoms with Gasteiger partial charge in [-0.2, -0.15) is 0 Å². The third kappa shape index (κ3) is 3.82. The number of halogens is 1. The Bertz CT molecular complexity index is 414. The molecule has 2 atom stereocenters. The van der Waals surface area contributed by atoms with Crippen LogP contribution in [-0.4, -0.2) is 11.9 Å². The first-order valence-electron chi connectivity index (χ1n) is 6.36. The van der Waals surface area contributed by atoms with Crippen LogP contribution in [0.25, 0.3) is 0 Å². The van der Waals surface area contributed by atoms with Crippen molar-refractivity contribution in [2.75, 3.05) is 0 Å². The molecule has 0 bridgehead atoms. The van der Waals surface area contributed by atoms with Gasteiger partial charge in [0.05, 0.1) is 6.04 Å². The van der Waals surface area contributed by atoms with Crippen molar-refractivity contribution in [3.8, 4) is 0 Å². The molecular formula is C14H19BrN2O. The van der Waals surface area contributed by atoms with Crippen LogP contribution < -0.4 is 11.1 Å². The topological polar surface area (TPSA) is 55.1 Å². The van der Waals surface area contributed by atoms with Crippen LogP contribution in [0.1, 0.15) is 37.8 Å². The van der Waals surface area contributed by atoms with Crippen LogP contribution in [0.3, 0.4) is 0 Å². The molecule has 2 rings (SSSR count). The lowest BCUT2D eigenvalue weighted by atomic mass is 10.1. The van der Waals surface area contributed by atoms with Gasteiger partial charge in [-0.15, -0.1) is 0 Å². The second kappa shape index (κ2) is 5.85.